The Bertz CT molecular complexity index is 901. The summed E-state index contributed by atoms with van der Waals surface area (Å²) in [6.07, 6.45) is 2.31. The molecule has 9 nitrogen and oxygen atoms in total. The first-order chi connectivity index (χ1) is 12.1. The molecule has 2 atom stereocenters. The monoisotopic (exact) mass is 342 g/mol. The summed E-state index contributed by atoms with van der Waals surface area (Å²) in [6.45, 7) is 0. The lowest BCUT2D eigenvalue weighted by atomic mass is 10.2. The fourth-order valence-electron chi connectivity index (χ4n) is 2.59. The molecule has 4 rings (SSSR count). The van der Waals surface area contributed by atoms with Gasteiger partial charge in [-0.2, -0.15) is 4.98 Å². The lowest BCUT2D eigenvalue weighted by molar-refractivity contribution is -0.496. The predicted molar refractivity (Wildman–Crippen MR) is 83.7 cm³/mol. The van der Waals surface area contributed by atoms with Crippen molar-refractivity contribution >= 4 is 0 Å². The molecule has 0 saturated heterocycles. The van der Waals surface area contributed by atoms with Crippen molar-refractivity contribution in [2.45, 2.75) is 24.8 Å². The molecule has 0 N–H and O–H groups in total. The summed E-state index contributed by atoms with van der Waals surface area (Å²) in [7, 11) is 1.60. The first kappa shape index (κ1) is 15.3. The van der Waals surface area contributed by atoms with E-state index in [1.54, 1.807) is 7.11 Å². The third-order valence-electron chi connectivity index (χ3n) is 4.06. The number of benzene rings is 1. The Kier molecular flexibility index (Phi) is 3.68. The maximum atomic E-state index is 10.7. The largest absolute Gasteiger partial charge is 0.497 e. The Hall–Kier alpha value is -3.23. The zero-order chi connectivity index (χ0) is 17.4. The Morgan fingerprint density at radius 2 is 2.12 bits per heavy atom. The van der Waals surface area contributed by atoms with E-state index in [1.165, 1.54) is 6.26 Å². The van der Waals surface area contributed by atoms with Crippen molar-refractivity contribution in [3.63, 3.8) is 0 Å². The topological polar surface area (TPSA) is 117 Å². The molecule has 2 aromatic heterocycles. The lowest BCUT2D eigenvalue weighted by Gasteiger charge is -1.99. The highest BCUT2D eigenvalue weighted by atomic mass is 16.6. The lowest BCUT2D eigenvalue weighted by Crippen LogP contribution is -2.03. The summed E-state index contributed by atoms with van der Waals surface area (Å²) in [5.74, 6) is 1.71. The summed E-state index contributed by atoms with van der Waals surface area (Å²) in [5.41, 5.74) is 1.48. The van der Waals surface area contributed by atoms with Gasteiger partial charge in [-0.3, -0.25) is 10.1 Å². The molecule has 0 unspecified atom stereocenters. The van der Waals surface area contributed by atoms with Crippen molar-refractivity contribution in [3.8, 4) is 17.2 Å². The second kappa shape index (κ2) is 6.00. The number of nitrogens with zero attached hydrogens (tertiary/aromatic N) is 4. The van der Waals surface area contributed by atoms with E-state index >= 15 is 0 Å². The van der Waals surface area contributed by atoms with Crippen LogP contribution in [0.5, 0.6) is 5.75 Å². The number of ether oxygens (including phenoxy) is 1. The third kappa shape index (κ3) is 3.08. The number of rotatable bonds is 6. The summed E-state index contributed by atoms with van der Waals surface area (Å²) in [4.78, 5) is 19.0. The summed E-state index contributed by atoms with van der Waals surface area (Å²) in [6, 6.07) is 6.75. The molecule has 1 aliphatic carbocycles. The Balaban J connectivity index is 1.44. The van der Waals surface area contributed by atoms with E-state index in [4.69, 9.17) is 13.7 Å². The van der Waals surface area contributed by atoms with E-state index in [0.29, 0.717) is 36.1 Å². The molecule has 0 radical (unpaired) electrons. The van der Waals surface area contributed by atoms with Gasteiger partial charge in [0.05, 0.1) is 19.2 Å². The number of hydrogen-bond acceptors (Lipinski definition) is 8. The van der Waals surface area contributed by atoms with Crippen molar-refractivity contribution in [2.75, 3.05) is 7.11 Å². The maximum absolute atomic E-state index is 10.7. The Morgan fingerprint density at radius 3 is 2.80 bits per heavy atom. The number of hydrogen-bond donors (Lipinski definition) is 0. The average molecular weight is 342 g/mol. The highest BCUT2D eigenvalue weighted by molar-refractivity contribution is 5.54. The van der Waals surface area contributed by atoms with Crippen molar-refractivity contribution in [1.29, 1.82) is 0 Å². The van der Waals surface area contributed by atoms with E-state index in [0.717, 1.165) is 11.3 Å². The van der Waals surface area contributed by atoms with Crippen molar-refractivity contribution < 1.29 is 18.6 Å². The fourth-order valence-corrected chi connectivity index (χ4v) is 2.59. The van der Waals surface area contributed by atoms with Gasteiger partial charge in [0.25, 0.3) is 0 Å². The molecule has 1 fully saturated rings. The molecule has 0 aliphatic heterocycles. The molecule has 0 amide bonds. The number of methoxy groups -OCH3 is 1. The molecule has 1 saturated carbocycles. The van der Waals surface area contributed by atoms with Crippen molar-refractivity contribution in [3.05, 3.63) is 58.1 Å². The average Bonchev–Trinajstić information content (AvgIpc) is 3.07. The molecular formula is C16H14N4O5. The molecule has 25 heavy (non-hydrogen) atoms. The first-order valence-electron chi connectivity index (χ1n) is 7.69. The first-order valence-corrected chi connectivity index (χ1v) is 7.69. The second-order valence-electron chi connectivity index (χ2n) is 5.79. The van der Waals surface area contributed by atoms with Gasteiger partial charge in [0.2, 0.25) is 17.8 Å². The van der Waals surface area contributed by atoms with Gasteiger partial charge in [0.1, 0.15) is 17.9 Å². The van der Waals surface area contributed by atoms with E-state index < -0.39 is 6.04 Å². The van der Waals surface area contributed by atoms with Crippen molar-refractivity contribution in [1.82, 2.24) is 15.1 Å². The summed E-state index contributed by atoms with van der Waals surface area (Å²) in [5, 5.41) is 14.6. The SMILES string of the molecule is COc1ccc(-c2nc(Cc3noc([C@H]4C[C@H]4[N+](=O)[O-])n3)co2)cc1. The molecule has 9 heteroatoms. The van der Waals surface area contributed by atoms with E-state index in [2.05, 4.69) is 15.1 Å². The van der Waals surface area contributed by atoms with Gasteiger partial charge < -0.3 is 13.7 Å². The van der Waals surface area contributed by atoms with Gasteiger partial charge in [-0.15, -0.1) is 0 Å². The minimum atomic E-state index is -0.609. The number of nitro groups is 1. The van der Waals surface area contributed by atoms with E-state index in [9.17, 15) is 10.1 Å². The zero-order valence-electron chi connectivity index (χ0n) is 13.3. The van der Waals surface area contributed by atoms with Crippen LogP contribution in [0.25, 0.3) is 11.5 Å². The van der Waals surface area contributed by atoms with Crippen LogP contribution in [0.2, 0.25) is 0 Å². The Morgan fingerprint density at radius 1 is 1.32 bits per heavy atom. The quantitative estimate of drug-likeness (QED) is 0.495. The van der Waals surface area contributed by atoms with Crippen LogP contribution < -0.4 is 4.74 Å². The summed E-state index contributed by atoms with van der Waals surface area (Å²) < 4.78 is 15.7. The molecule has 0 bridgehead atoms. The fraction of sp³-hybridized carbons (Fsp3) is 0.312. The van der Waals surface area contributed by atoms with Gasteiger partial charge in [0, 0.05) is 16.9 Å². The molecule has 1 aliphatic rings. The number of oxazole rings is 1. The van der Waals surface area contributed by atoms with Crippen LogP contribution in [-0.2, 0) is 6.42 Å². The van der Waals surface area contributed by atoms with Gasteiger partial charge in [-0.25, -0.2) is 4.98 Å². The minimum Gasteiger partial charge on any atom is -0.497 e. The maximum Gasteiger partial charge on any atom is 0.236 e. The minimum absolute atomic E-state index is 0.275. The van der Waals surface area contributed by atoms with Crippen LogP contribution in [0.15, 0.2) is 39.5 Å². The van der Waals surface area contributed by atoms with Gasteiger partial charge in [-0.1, -0.05) is 5.16 Å². The van der Waals surface area contributed by atoms with Crippen LogP contribution in [0, 0.1) is 10.1 Å². The predicted octanol–water partition coefficient (Wildman–Crippen LogP) is 2.46. The summed E-state index contributed by atoms with van der Waals surface area (Å²) >= 11 is 0. The van der Waals surface area contributed by atoms with Gasteiger partial charge >= 0.3 is 0 Å². The van der Waals surface area contributed by atoms with Crippen LogP contribution in [-0.4, -0.2) is 33.2 Å². The van der Waals surface area contributed by atoms with Crippen LogP contribution in [0.1, 0.15) is 29.7 Å². The molecule has 128 valence electrons. The molecule has 1 aromatic carbocycles. The highest BCUT2D eigenvalue weighted by Gasteiger charge is 2.53. The van der Waals surface area contributed by atoms with E-state index in [1.807, 2.05) is 24.3 Å². The third-order valence-corrected chi connectivity index (χ3v) is 4.06. The molecule has 2 heterocycles. The number of aromatic nitrogens is 3. The normalized spacial score (nSPS) is 18.9. The molecule has 0 spiro atoms. The van der Waals surface area contributed by atoms with Gasteiger partial charge in [0.15, 0.2) is 5.82 Å². The standard InChI is InChI=1S/C16H14N4O5/c1-23-11-4-2-9(3-5-11)15-17-10(8-24-15)6-14-18-16(25-19-14)12-7-13(12)20(21)22/h2-5,8,12-13H,6-7H2,1H3/t12-,13+/m0/s1. The zero-order valence-corrected chi connectivity index (χ0v) is 13.3. The van der Waals surface area contributed by atoms with Crippen molar-refractivity contribution in [2.24, 2.45) is 0 Å². The van der Waals surface area contributed by atoms with E-state index in [-0.39, 0.29) is 10.8 Å². The second-order valence-corrected chi connectivity index (χ2v) is 5.79. The molecule has 3 aromatic rings. The van der Waals surface area contributed by atoms with Crippen LogP contribution in [0.4, 0.5) is 0 Å². The smallest absolute Gasteiger partial charge is 0.236 e. The van der Waals surface area contributed by atoms with Crippen LogP contribution in [0.3, 0.4) is 0 Å². The molecular weight excluding hydrogens is 328 g/mol. The van der Waals surface area contributed by atoms with Crippen LogP contribution >= 0.6 is 0 Å². The highest BCUT2D eigenvalue weighted by Crippen LogP contribution is 2.41. The Labute approximate surface area is 141 Å². The van der Waals surface area contributed by atoms with Gasteiger partial charge in [-0.05, 0) is 24.3 Å².